The van der Waals surface area contributed by atoms with Crippen molar-refractivity contribution in [2.24, 2.45) is 0 Å². The third-order valence-electron chi connectivity index (χ3n) is 4.43. The molecular formula is C20H33N3O7. The summed E-state index contributed by atoms with van der Waals surface area (Å²) in [6, 6.07) is -2.54. The van der Waals surface area contributed by atoms with E-state index in [2.05, 4.69) is 16.0 Å². The Morgan fingerprint density at radius 1 is 0.700 bits per heavy atom. The first kappa shape index (κ1) is 27.4. The Kier molecular flexibility index (Phi) is 13.1. The fourth-order valence-corrected chi connectivity index (χ4v) is 2.40. The number of carbonyl (C=O) groups excluding carboxylic acids is 6. The molecule has 0 heterocycles. The number of amides is 3. The number of aliphatic hydroxyl groups excluding tert-OH is 1. The summed E-state index contributed by atoms with van der Waals surface area (Å²) >= 11 is 0. The van der Waals surface area contributed by atoms with Crippen LogP contribution in [0.2, 0.25) is 0 Å². The standard InChI is InChI=1S/C20H33N3O7/c1-5-6-18(28)23-15(11-24)17(27)8-10-20(30)22-13(3)16(26)7-9-19(29)21-12(2)14(4)25/h12-13,15,24H,5-11H2,1-4H3,(H,21,29)(H,22,30)(H,23,28). The van der Waals surface area contributed by atoms with Crippen LogP contribution in [-0.2, 0) is 28.8 Å². The summed E-state index contributed by atoms with van der Waals surface area (Å²) in [5.41, 5.74) is 0. The summed E-state index contributed by atoms with van der Waals surface area (Å²) in [6.45, 7) is 5.61. The highest BCUT2D eigenvalue weighted by molar-refractivity contribution is 5.94. The highest BCUT2D eigenvalue weighted by Crippen LogP contribution is 2.01. The average molecular weight is 427 g/mol. The second-order valence-corrected chi connectivity index (χ2v) is 7.17. The van der Waals surface area contributed by atoms with Crippen LogP contribution in [0.15, 0.2) is 0 Å². The number of aliphatic hydroxyl groups is 1. The monoisotopic (exact) mass is 427 g/mol. The zero-order chi connectivity index (χ0) is 23.3. The Bertz CT molecular complexity index is 648. The quantitative estimate of drug-likeness (QED) is 0.276. The van der Waals surface area contributed by atoms with Gasteiger partial charge in [-0.1, -0.05) is 6.92 Å². The van der Waals surface area contributed by atoms with E-state index in [4.69, 9.17) is 0 Å². The molecular weight excluding hydrogens is 394 g/mol. The number of hydrogen-bond donors (Lipinski definition) is 4. The first-order valence-corrected chi connectivity index (χ1v) is 10.1. The lowest BCUT2D eigenvalue weighted by Crippen LogP contribution is -2.44. The van der Waals surface area contributed by atoms with Crippen molar-refractivity contribution in [3.05, 3.63) is 0 Å². The molecule has 0 bridgehead atoms. The maximum Gasteiger partial charge on any atom is 0.221 e. The van der Waals surface area contributed by atoms with Crippen LogP contribution in [0.1, 0.15) is 66.2 Å². The van der Waals surface area contributed by atoms with E-state index in [1.807, 2.05) is 0 Å². The van der Waals surface area contributed by atoms with Crippen LogP contribution in [0.25, 0.3) is 0 Å². The predicted octanol–water partition coefficient (Wildman–Crippen LogP) is -0.439. The third kappa shape index (κ3) is 11.4. The Hall–Kier alpha value is -2.62. The van der Waals surface area contributed by atoms with Gasteiger partial charge in [-0.3, -0.25) is 28.8 Å². The van der Waals surface area contributed by atoms with E-state index in [1.54, 1.807) is 13.8 Å². The van der Waals surface area contributed by atoms with Gasteiger partial charge in [-0.05, 0) is 27.2 Å². The van der Waals surface area contributed by atoms with E-state index < -0.39 is 42.3 Å². The topological polar surface area (TPSA) is 159 Å². The van der Waals surface area contributed by atoms with Gasteiger partial charge in [-0.2, -0.15) is 0 Å². The van der Waals surface area contributed by atoms with E-state index >= 15 is 0 Å². The molecule has 3 atom stereocenters. The van der Waals surface area contributed by atoms with Gasteiger partial charge < -0.3 is 21.1 Å². The first-order chi connectivity index (χ1) is 14.0. The fourth-order valence-electron chi connectivity index (χ4n) is 2.40. The summed E-state index contributed by atoms with van der Waals surface area (Å²) in [5.74, 6) is -2.35. The first-order valence-electron chi connectivity index (χ1n) is 10.1. The minimum absolute atomic E-state index is 0.104. The molecule has 3 unspecified atom stereocenters. The van der Waals surface area contributed by atoms with Crippen LogP contribution in [0.4, 0.5) is 0 Å². The van der Waals surface area contributed by atoms with Gasteiger partial charge in [-0.15, -0.1) is 0 Å². The van der Waals surface area contributed by atoms with Gasteiger partial charge >= 0.3 is 0 Å². The van der Waals surface area contributed by atoms with E-state index in [9.17, 15) is 33.9 Å². The lowest BCUT2D eigenvalue weighted by Gasteiger charge is -2.16. The molecule has 170 valence electrons. The second-order valence-electron chi connectivity index (χ2n) is 7.17. The molecule has 0 saturated carbocycles. The number of nitrogens with one attached hydrogen (secondary N) is 3. The number of hydrogen-bond acceptors (Lipinski definition) is 7. The molecule has 0 aromatic heterocycles. The maximum atomic E-state index is 12.1. The van der Waals surface area contributed by atoms with Crippen LogP contribution < -0.4 is 16.0 Å². The van der Waals surface area contributed by atoms with Crippen molar-refractivity contribution in [1.29, 1.82) is 0 Å². The number of ketones is 3. The fraction of sp³-hybridized carbons (Fsp3) is 0.700. The lowest BCUT2D eigenvalue weighted by atomic mass is 10.1. The van der Waals surface area contributed by atoms with Gasteiger partial charge in [0.25, 0.3) is 0 Å². The molecule has 0 aromatic rings. The van der Waals surface area contributed by atoms with E-state index in [1.165, 1.54) is 13.8 Å². The van der Waals surface area contributed by atoms with Crippen molar-refractivity contribution in [2.45, 2.75) is 84.3 Å². The zero-order valence-corrected chi connectivity index (χ0v) is 18.1. The molecule has 0 fully saturated rings. The summed E-state index contributed by atoms with van der Waals surface area (Å²) in [4.78, 5) is 70.5. The molecule has 4 N–H and O–H groups in total. The van der Waals surface area contributed by atoms with Gasteiger partial charge in [0.15, 0.2) is 17.3 Å². The maximum absolute atomic E-state index is 12.1. The summed E-state index contributed by atoms with van der Waals surface area (Å²) in [7, 11) is 0. The minimum Gasteiger partial charge on any atom is -0.394 e. The molecule has 0 aliphatic carbocycles. The highest BCUT2D eigenvalue weighted by Gasteiger charge is 2.22. The van der Waals surface area contributed by atoms with Crippen molar-refractivity contribution in [3.63, 3.8) is 0 Å². The molecule has 0 aliphatic heterocycles. The summed E-state index contributed by atoms with van der Waals surface area (Å²) in [5, 5.41) is 16.6. The van der Waals surface area contributed by atoms with E-state index in [0.29, 0.717) is 6.42 Å². The normalized spacial score (nSPS) is 13.5. The molecule has 0 radical (unpaired) electrons. The van der Waals surface area contributed by atoms with Crippen LogP contribution in [0.5, 0.6) is 0 Å². The molecule has 10 heteroatoms. The predicted molar refractivity (Wildman–Crippen MR) is 108 cm³/mol. The Labute approximate surface area is 176 Å². The van der Waals surface area contributed by atoms with Crippen LogP contribution in [0, 0.1) is 0 Å². The molecule has 0 saturated heterocycles. The van der Waals surface area contributed by atoms with E-state index in [0.717, 1.165) is 0 Å². The van der Waals surface area contributed by atoms with Crippen molar-refractivity contribution in [2.75, 3.05) is 6.61 Å². The number of carbonyl (C=O) groups is 6. The molecule has 10 nitrogen and oxygen atoms in total. The highest BCUT2D eigenvalue weighted by atomic mass is 16.3. The largest absolute Gasteiger partial charge is 0.394 e. The van der Waals surface area contributed by atoms with Crippen LogP contribution >= 0.6 is 0 Å². The van der Waals surface area contributed by atoms with Crippen molar-refractivity contribution in [3.8, 4) is 0 Å². The third-order valence-corrected chi connectivity index (χ3v) is 4.43. The average Bonchev–Trinajstić information content (AvgIpc) is 2.68. The molecule has 0 spiro atoms. The Morgan fingerprint density at radius 3 is 1.63 bits per heavy atom. The molecule has 0 aromatic carbocycles. The molecule has 30 heavy (non-hydrogen) atoms. The van der Waals surface area contributed by atoms with E-state index in [-0.39, 0.29) is 49.6 Å². The summed E-state index contributed by atoms with van der Waals surface area (Å²) in [6.07, 6.45) is 0.222. The zero-order valence-electron chi connectivity index (χ0n) is 18.1. The van der Waals surface area contributed by atoms with Gasteiger partial charge in [0.1, 0.15) is 6.04 Å². The van der Waals surface area contributed by atoms with Gasteiger partial charge in [0, 0.05) is 32.1 Å². The van der Waals surface area contributed by atoms with Crippen molar-refractivity contribution < 1.29 is 33.9 Å². The Balaban J connectivity index is 4.34. The molecule has 0 rings (SSSR count). The lowest BCUT2D eigenvalue weighted by molar-refractivity contribution is -0.131. The molecule has 3 amide bonds. The summed E-state index contributed by atoms with van der Waals surface area (Å²) < 4.78 is 0. The second kappa shape index (κ2) is 14.4. The van der Waals surface area contributed by atoms with Gasteiger partial charge in [-0.25, -0.2) is 0 Å². The molecule has 0 aliphatic rings. The van der Waals surface area contributed by atoms with Crippen molar-refractivity contribution >= 4 is 35.1 Å². The minimum atomic E-state index is -1.06. The smallest absolute Gasteiger partial charge is 0.221 e. The van der Waals surface area contributed by atoms with Crippen LogP contribution in [0.3, 0.4) is 0 Å². The van der Waals surface area contributed by atoms with Gasteiger partial charge in [0.05, 0.1) is 18.7 Å². The van der Waals surface area contributed by atoms with Gasteiger partial charge in [0.2, 0.25) is 17.7 Å². The van der Waals surface area contributed by atoms with Crippen LogP contribution in [-0.4, -0.2) is 64.9 Å². The number of rotatable bonds is 15. The van der Waals surface area contributed by atoms with Crippen molar-refractivity contribution in [1.82, 2.24) is 16.0 Å². The SMILES string of the molecule is CCCC(=O)NC(CO)C(=O)CCC(=O)NC(C)C(=O)CCC(=O)NC(C)C(C)=O. The number of Topliss-reactive ketones (excluding diaryl/α,β-unsaturated/α-hetero) is 3. The Morgan fingerprint density at radius 2 is 1.17 bits per heavy atom.